The number of nitrogens with zero attached hydrogens (tertiary/aromatic N) is 2. The van der Waals surface area contributed by atoms with Crippen LogP contribution in [0, 0.1) is 5.92 Å². The number of nitrogens with one attached hydrogen (secondary N) is 1. The fourth-order valence-corrected chi connectivity index (χ4v) is 2.71. The Morgan fingerprint density at radius 1 is 1.25 bits per heavy atom. The van der Waals surface area contributed by atoms with Gasteiger partial charge in [-0.1, -0.05) is 13.8 Å². The second kappa shape index (κ2) is 11.9. The van der Waals surface area contributed by atoms with Crippen LogP contribution in [0.2, 0.25) is 0 Å². The third-order valence-electron chi connectivity index (χ3n) is 4.59. The van der Waals surface area contributed by atoms with Crippen LogP contribution in [-0.4, -0.2) is 60.3 Å². The third-order valence-corrected chi connectivity index (χ3v) is 4.59. The predicted octanol–water partition coefficient (Wildman–Crippen LogP) is 2.40. The Morgan fingerprint density at radius 3 is 2.29 bits per heavy atom. The van der Waals surface area contributed by atoms with E-state index in [9.17, 15) is 9.90 Å². The topological polar surface area (TPSA) is 74.2 Å². The number of likely N-dealkylation sites (tertiary alicyclic amines) is 1. The number of rotatable bonds is 7. The number of hydrogen-bond acceptors (Lipinski definition) is 4. The molecule has 0 aliphatic carbocycles. The van der Waals surface area contributed by atoms with Crippen molar-refractivity contribution in [3.05, 3.63) is 0 Å². The lowest BCUT2D eigenvalue weighted by Gasteiger charge is -2.34. The maximum absolute atomic E-state index is 11.8. The molecule has 1 saturated heterocycles. The van der Waals surface area contributed by atoms with Crippen LogP contribution in [0.1, 0.15) is 53.4 Å². The summed E-state index contributed by atoms with van der Waals surface area (Å²) >= 11 is 0. The number of piperidine rings is 1. The molecule has 2 N–H and O–H groups in total. The van der Waals surface area contributed by atoms with Gasteiger partial charge in [0.2, 0.25) is 0 Å². The van der Waals surface area contributed by atoms with Gasteiger partial charge in [-0.3, -0.25) is 9.79 Å². The monoisotopic (exact) mass is 455 g/mol. The summed E-state index contributed by atoms with van der Waals surface area (Å²) in [6, 6.07) is 0. The van der Waals surface area contributed by atoms with Gasteiger partial charge in [0.15, 0.2) is 5.96 Å². The highest BCUT2D eigenvalue weighted by Crippen LogP contribution is 2.20. The average Bonchev–Trinajstić information content (AvgIpc) is 2.58. The van der Waals surface area contributed by atoms with Crippen molar-refractivity contribution in [3.63, 3.8) is 0 Å². The summed E-state index contributed by atoms with van der Waals surface area (Å²) in [5.74, 6) is 0.743. The minimum absolute atomic E-state index is 0. The molecule has 0 aromatic rings. The first-order valence-electron chi connectivity index (χ1n) is 8.91. The Kier molecular flexibility index (Phi) is 11.6. The zero-order valence-electron chi connectivity index (χ0n) is 15.5. The van der Waals surface area contributed by atoms with Gasteiger partial charge in [-0.05, 0) is 39.5 Å². The first kappa shape index (κ1) is 23.4. The number of hydrogen-bond donors (Lipinski definition) is 2. The Morgan fingerprint density at radius 2 is 1.83 bits per heavy atom. The largest absolute Gasteiger partial charge is 0.466 e. The summed E-state index contributed by atoms with van der Waals surface area (Å²) in [6.07, 6.45) is 2.96. The molecular formula is C17H34IN3O3. The lowest BCUT2D eigenvalue weighted by molar-refractivity contribution is -0.149. The van der Waals surface area contributed by atoms with Crippen molar-refractivity contribution in [3.8, 4) is 0 Å². The quantitative estimate of drug-likeness (QED) is 0.267. The fraction of sp³-hybridized carbons (Fsp3) is 0.882. The number of halogens is 1. The lowest BCUT2D eigenvalue weighted by Crippen LogP contribution is -2.47. The van der Waals surface area contributed by atoms with Gasteiger partial charge in [-0.2, -0.15) is 0 Å². The summed E-state index contributed by atoms with van der Waals surface area (Å²) < 4.78 is 5.11. The van der Waals surface area contributed by atoms with Gasteiger partial charge in [0, 0.05) is 19.6 Å². The van der Waals surface area contributed by atoms with Crippen molar-refractivity contribution in [2.45, 2.75) is 59.0 Å². The molecular weight excluding hydrogens is 421 g/mol. The molecule has 1 aliphatic heterocycles. The number of aliphatic imine (C=N–C) groups is 1. The van der Waals surface area contributed by atoms with Crippen LogP contribution >= 0.6 is 24.0 Å². The number of ether oxygens (including phenoxy) is 1. The molecule has 6 nitrogen and oxygen atoms in total. The highest BCUT2D eigenvalue weighted by Gasteiger charge is 2.28. The maximum atomic E-state index is 11.8. The van der Waals surface area contributed by atoms with Crippen molar-refractivity contribution in [2.75, 3.05) is 32.8 Å². The summed E-state index contributed by atoms with van der Waals surface area (Å²) in [7, 11) is 0. The first-order chi connectivity index (χ1) is 11.0. The molecule has 7 heteroatoms. The van der Waals surface area contributed by atoms with E-state index >= 15 is 0 Å². The molecule has 0 spiro atoms. The molecule has 142 valence electrons. The van der Waals surface area contributed by atoms with E-state index in [4.69, 9.17) is 4.74 Å². The molecule has 0 radical (unpaired) electrons. The highest BCUT2D eigenvalue weighted by atomic mass is 127. The molecule has 1 aliphatic rings. The van der Waals surface area contributed by atoms with E-state index in [0.717, 1.165) is 38.4 Å². The van der Waals surface area contributed by atoms with Gasteiger partial charge in [0.05, 0.1) is 24.7 Å². The average molecular weight is 455 g/mol. The molecule has 1 rings (SSSR count). The van der Waals surface area contributed by atoms with Crippen molar-refractivity contribution < 1.29 is 14.6 Å². The maximum Gasteiger partial charge on any atom is 0.309 e. The second-order valence-corrected chi connectivity index (χ2v) is 6.11. The van der Waals surface area contributed by atoms with Crippen molar-refractivity contribution in [1.82, 2.24) is 10.2 Å². The first-order valence-corrected chi connectivity index (χ1v) is 8.91. The van der Waals surface area contributed by atoms with Crippen LogP contribution in [0.4, 0.5) is 0 Å². The van der Waals surface area contributed by atoms with Crippen LogP contribution in [0.5, 0.6) is 0 Å². The van der Waals surface area contributed by atoms with E-state index in [0.29, 0.717) is 26.0 Å². The zero-order valence-corrected chi connectivity index (χ0v) is 17.8. The Bertz CT molecular complexity index is 393. The van der Waals surface area contributed by atoms with Gasteiger partial charge in [0.1, 0.15) is 0 Å². The molecule has 0 aromatic heterocycles. The number of carbonyl (C=O) groups excluding carboxylic acids is 1. The van der Waals surface area contributed by atoms with E-state index in [1.165, 1.54) is 0 Å². The van der Waals surface area contributed by atoms with Gasteiger partial charge in [-0.15, -0.1) is 24.0 Å². The Balaban J connectivity index is 0.00000529. The standard InChI is InChI=1S/C17H33N3O3.HI/c1-5-17(22,6-2)13-19-16(18-7-3)20-11-9-14(10-12-20)15(21)23-8-4;/h14,22H,5-13H2,1-4H3,(H,18,19);1H. The number of esters is 1. The molecule has 0 saturated carbocycles. The number of guanidine groups is 1. The molecule has 1 heterocycles. The van der Waals surface area contributed by atoms with E-state index in [1.54, 1.807) is 0 Å². The normalized spacial score (nSPS) is 16.5. The predicted molar refractivity (Wildman–Crippen MR) is 108 cm³/mol. The Hall–Kier alpha value is -0.570. The van der Waals surface area contributed by atoms with Crippen LogP contribution in [-0.2, 0) is 9.53 Å². The Labute approximate surface area is 163 Å². The SMILES string of the molecule is CCNC(=NCC(O)(CC)CC)N1CCC(C(=O)OCC)CC1.I. The molecule has 24 heavy (non-hydrogen) atoms. The van der Waals surface area contributed by atoms with Gasteiger partial charge in [-0.25, -0.2) is 0 Å². The van der Waals surface area contributed by atoms with Gasteiger partial charge >= 0.3 is 5.97 Å². The molecule has 0 bridgehead atoms. The van der Waals surface area contributed by atoms with E-state index in [-0.39, 0.29) is 35.9 Å². The van der Waals surface area contributed by atoms with Crippen LogP contribution in [0.15, 0.2) is 4.99 Å². The fourth-order valence-electron chi connectivity index (χ4n) is 2.71. The molecule has 0 unspecified atom stereocenters. The van der Waals surface area contributed by atoms with E-state index < -0.39 is 5.60 Å². The minimum atomic E-state index is -0.732. The zero-order chi connectivity index (χ0) is 17.3. The van der Waals surface area contributed by atoms with Crippen LogP contribution in [0.25, 0.3) is 0 Å². The lowest BCUT2D eigenvalue weighted by atomic mass is 9.97. The highest BCUT2D eigenvalue weighted by molar-refractivity contribution is 14.0. The van der Waals surface area contributed by atoms with Crippen molar-refractivity contribution >= 4 is 35.9 Å². The molecule has 0 aromatic carbocycles. The second-order valence-electron chi connectivity index (χ2n) is 6.11. The molecule has 0 amide bonds. The number of aliphatic hydroxyl groups is 1. The number of carbonyl (C=O) groups is 1. The van der Waals surface area contributed by atoms with Crippen LogP contribution in [0.3, 0.4) is 0 Å². The van der Waals surface area contributed by atoms with E-state index in [1.807, 2.05) is 27.7 Å². The molecule has 1 fully saturated rings. The van der Waals surface area contributed by atoms with Crippen LogP contribution < -0.4 is 5.32 Å². The van der Waals surface area contributed by atoms with E-state index in [2.05, 4.69) is 15.2 Å². The van der Waals surface area contributed by atoms with Gasteiger partial charge < -0.3 is 20.1 Å². The van der Waals surface area contributed by atoms with Gasteiger partial charge in [0.25, 0.3) is 0 Å². The minimum Gasteiger partial charge on any atom is -0.466 e. The smallest absolute Gasteiger partial charge is 0.309 e. The third kappa shape index (κ3) is 7.13. The van der Waals surface area contributed by atoms with Crippen molar-refractivity contribution in [2.24, 2.45) is 10.9 Å². The summed E-state index contributed by atoms with van der Waals surface area (Å²) in [5, 5.41) is 13.7. The van der Waals surface area contributed by atoms with Crippen molar-refractivity contribution in [1.29, 1.82) is 0 Å². The summed E-state index contributed by atoms with van der Waals surface area (Å²) in [4.78, 5) is 18.6. The summed E-state index contributed by atoms with van der Waals surface area (Å²) in [6.45, 7) is 11.0. The summed E-state index contributed by atoms with van der Waals surface area (Å²) in [5.41, 5.74) is -0.732. The molecule has 0 atom stereocenters.